The SMILES string of the molecule is C[C@@H](C(=O)Nc1ccc2c(c1)OCO2)N1CCCN(S(=O)(=O)c2ccc(F)cc2)CC1. The van der Waals surface area contributed by atoms with Gasteiger partial charge >= 0.3 is 0 Å². The monoisotopic (exact) mass is 449 g/mol. The maximum Gasteiger partial charge on any atom is 0.243 e. The molecule has 0 bridgehead atoms. The fraction of sp³-hybridized carbons (Fsp3) is 0.381. The summed E-state index contributed by atoms with van der Waals surface area (Å²) in [6, 6.07) is 9.58. The van der Waals surface area contributed by atoms with Crippen LogP contribution in [0.5, 0.6) is 11.5 Å². The average molecular weight is 450 g/mol. The molecule has 4 rings (SSSR count). The number of carbonyl (C=O) groups is 1. The zero-order valence-corrected chi connectivity index (χ0v) is 17.9. The molecule has 31 heavy (non-hydrogen) atoms. The third-order valence-electron chi connectivity index (χ3n) is 5.51. The molecular weight excluding hydrogens is 425 g/mol. The largest absolute Gasteiger partial charge is 0.454 e. The molecule has 0 saturated carbocycles. The van der Waals surface area contributed by atoms with Crippen LogP contribution in [0, 0.1) is 5.82 Å². The van der Waals surface area contributed by atoms with Crippen LogP contribution in [0.4, 0.5) is 10.1 Å². The second-order valence-electron chi connectivity index (χ2n) is 7.48. The van der Waals surface area contributed by atoms with E-state index in [1.807, 2.05) is 4.90 Å². The molecule has 0 unspecified atom stereocenters. The van der Waals surface area contributed by atoms with Crippen molar-refractivity contribution in [3.05, 3.63) is 48.3 Å². The Kier molecular flexibility index (Phi) is 6.12. The predicted octanol–water partition coefficient (Wildman–Crippen LogP) is 2.28. The molecule has 0 radical (unpaired) electrons. The van der Waals surface area contributed by atoms with Gasteiger partial charge in [0.2, 0.25) is 22.7 Å². The third-order valence-corrected chi connectivity index (χ3v) is 7.42. The molecule has 0 aromatic heterocycles. The minimum absolute atomic E-state index is 0.0657. The summed E-state index contributed by atoms with van der Waals surface area (Å²) >= 11 is 0. The first kappa shape index (κ1) is 21.5. The van der Waals surface area contributed by atoms with Gasteiger partial charge in [-0.25, -0.2) is 12.8 Å². The highest BCUT2D eigenvalue weighted by atomic mass is 32.2. The molecular formula is C21H24FN3O5S. The molecule has 0 aliphatic carbocycles. The number of amides is 1. The molecule has 2 heterocycles. The van der Waals surface area contributed by atoms with E-state index in [-0.39, 0.29) is 24.1 Å². The number of carbonyl (C=O) groups excluding carboxylic acids is 1. The van der Waals surface area contributed by atoms with Crippen molar-refractivity contribution in [2.24, 2.45) is 0 Å². The smallest absolute Gasteiger partial charge is 0.243 e. The van der Waals surface area contributed by atoms with Gasteiger partial charge in [-0.1, -0.05) is 0 Å². The zero-order chi connectivity index (χ0) is 22.0. The van der Waals surface area contributed by atoms with E-state index in [4.69, 9.17) is 9.47 Å². The van der Waals surface area contributed by atoms with E-state index < -0.39 is 21.9 Å². The van der Waals surface area contributed by atoms with E-state index in [9.17, 15) is 17.6 Å². The molecule has 2 aromatic rings. The van der Waals surface area contributed by atoms with Gasteiger partial charge in [0.25, 0.3) is 0 Å². The lowest BCUT2D eigenvalue weighted by atomic mass is 10.2. The number of halogens is 1. The van der Waals surface area contributed by atoms with Gasteiger partial charge in [-0.2, -0.15) is 4.31 Å². The predicted molar refractivity (Wildman–Crippen MR) is 112 cm³/mol. The average Bonchev–Trinajstić information content (AvgIpc) is 3.07. The van der Waals surface area contributed by atoms with Crippen LogP contribution in [0.2, 0.25) is 0 Å². The molecule has 1 amide bonds. The Morgan fingerprint density at radius 2 is 1.77 bits per heavy atom. The first-order chi connectivity index (χ1) is 14.8. The van der Waals surface area contributed by atoms with Crippen LogP contribution in [0.1, 0.15) is 13.3 Å². The Hall–Kier alpha value is -2.69. The number of sulfonamides is 1. The van der Waals surface area contributed by atoms with Crippen molar-refractivity contribution >= 4 is 21.6 Å². The summed E-state index contributed by atoms with van der Waals surface area (Å²) < 4.78 is 50.9. The Morgan fingerprint density at radius 3 is 2.55 bits per heavy atom. The molecule has 0 spiro atoms. The number of anilines is 1. The summed E-state index contributed by atoms with van der Waals surface area (Å²) in [5.74, 6) is 0.555. The van der Waals surface area contributed by atoms with E-state index >= 15 is 0 Å². The summed E-state index contributed by atoms with van der Waals surface area (Å²) in [5, 5.41) is 2.88. The second kappa shape index (κ2) is 8.81. The summed E-state index contributed by atoms with van der Waals surface area (Å²) in [6.07, 6.45) is 0.585. The van der Waals surface area contributed by atoms with Gasteiger partial charge in [0.15, 0.2) is 11.5 Å². The van der Waals surface area contributed by atoms with Crippen molar-refractivity contribution in [3.8, 4) is 11.5 Å². The van der Waals surface area contributed by atoms with E-state index in [1.54, 1.807) is 25.1 Å². The third kappa shape index (κ3) is 4.65. The first-order valence-electron chi connectivity index (χ1n) is 10.0. The van der Waals surface area contributed by atoms with E-state index in [2.05, 4.69) is 5.32 Å². The number of fused-ring (bicyclic) bond motifs is 1. The maximum absolute atomic E-state index is 13.2. The minimum Gasteiger partial charge on any atom is -0.454 e. The van der Waals surface area contributed by atoms with Gasteiger partial charge in [-0.3, -0.25) is 9.69 Å². The number of nitrogens with one attached hydrogen (secondary N) is 1. The summed E-state index contributed by atoms with van der Waals surface area (Å²) in [4.78, 5) is 14.8. The highest BCUT2D eigenvalue weighted by Crippen LogP contribution is 2.34. The Labute approximate surface area is 180 Å². The number of hydrogen-bond donors (Lipinski definition) is 1. The number of rotatable bonds is 5. The van der Waals surface area contributed by atoms with Gasteiger partial charge in [-0.05, 0) is 49.7 Å². The molecule has 1 N–H and O–H groups in total. The summed E-state index contributed by atoms with van der Waals surface area (Å²) in [5.41, 5.74) is 0.608. The van der Waals surface area contributed by atoms with Gasteiger partial charge in [0, 0.05) is 37.9 Å². The lowest BCUT2D eigenvalue weighted by Gasteiger charge is -2.27. The Morgan fingerprint density at radius 1 is 1.03 bits per heavy atom. The molecule has 8 nitrogen and oxygen atoms in total. The fourth-order valence-corrected chi connectivity index (χ4v) is 5.15. The van der Waals surface area contributed by atoms with Crippen molar-refractivity contribution in [1.29, 1.82) is 0 Å². The van der Waals surface area contributed by atoms with Crippen molar-refractivity contribution in [2.75, 3.05) is 38.3 Å². The Balaban J connectivity index is 1.38. The van der Waals surface area contributed by atoms with Crippen molar-refractivity contribution in [1.82, 2.24) is 9.21 Å². The quantitative estimate of drug-likeness (QED) is 0.754. The molecule has 1 atom stereocenters. The first-order valence-corrected chi connectivity index (χ1v) is 11.5. The molecule has 1 fully saturated rings. The summed E-state index contributed by atoms with van der Waals surface area (Å²) in [6.45, 7) is 3.55. The maximum atomic E-state index is 13.2. The molecule has 2 aliphatic heterocycles. The number of benzene rings is 2. The van der Waals surface area contributed by atoms with E-state index in [1.165, 1.54) is 16.4 Å². The van der Waals surface area contributed by atoms with Crippen LogP contribution in [-0.4, -0.2) is 62.5 Å². The highest BCUT2D eigenvalue weighted by molar-refractivity contribution is 7.89. The van der Waals surface area contributed by atoms with Crippen molar-refractivity contribution in [3.63, 3.8) is 0 Å². The lowest BCUT2D eigenvalue weighted by Crippen LogP contribution is -2.44. The molecule has 1 saturated heterocycles. The standard InChI is InChI=1S/C21H24FN3O5S/c1-15(21(26)23-17-5-8-19-20(13-17)30-14-29-19)24-9-2-10-25(12-11-24)31(27,28)18-6-3-16(22)4-7-18/h3-8,13,15H,2,9-12,14H2,1H3,(H,23,26)/t15-/m0/s1. The number of hydrogen-bond acceptors (Lipinski definition) is 6. The van der Waals surface area contributed by atoms with Gasteiger partial charge < -0.3 is 14.8 Å². The van der Waals surface area contributed by atoms with Crippen LogP contribution in [0.3, 0.4) is 0 Å². The van der Waals surface area contributed by atoms with Gasteiger partial charge in [0.1, 0.15) is 5.82 Å². The van der Waals surface area contributed by atoms with Crippen molar-refractivity contribution < 1.29 is 27.1 Å². The van der Waals surface area contributed by atoms with Crippen LogP contribution in [0.15, 0.2) is 47.4 Å². The number of nitrogens with zero attached hydrogens (tertiary/aromatic N) is 2. The summed E-state index contributed by atoms with van der Waals surface area (Å²) in [7, 11) is -3.71. The van der Waals surface area contributed by atoms with Crippen LogP contribution in [-0.2, 0) is 14.8 Å². The topological polar surface area (TPSA) is 88.2 Å². The molecule has 10 heteroatoms. The van der Waals surface area contributed by atoms with Crippen LogP contribution < -0.4 is 14.8 Å². The lowest BCUT2D eigenvalue weighted by molar-refractivity contribution is -0.120. The second-order valence-corrected chi connectivity index (χ2v) is 9.42. The molecule has 166 valence electrons. The fourth-order valence-electron chi connectivity index (χ4n) is 3.68. The van der Waals surface area contributed by atoms with Gasteiger partial charge in [0.05, 0.1) is 10.9 Å². The number of ether oxygens (including phenoxy) is 2. The van der Waals surface area contributed by atoms with E-state index in [0.29, 0.717) is 43.2 Å². The highest BCUT2D eigenvalue weighted by Gasteiger charge is 2.30. The van der Waals surface area contributed by atoms with Gasteiger partial charge in [-0.15, -0.1) is 0 Å². The van der Waals surface area contributed by atoms with E-state index in [0.717, 1.165) is 12.1 Å². The normalized spacial score (nSPS) is 18.4. The minimum atomic E-state index is -3.71. The van der Waals surface area contributed by atoms with Crippen molar-refractivity contribution in [2.45, 2.75) is 24.3 Å². The van der Waals surface area contributed by atoms with Crippen LogP contribution >= 0.6 is 0 Å². The van der Waals surface area contributed by atoms with Crippen LogP contribution in [0.25, 0.3) is 0 Å². The zero-order valence-electron chi connectivity index (χ0n) is 17.1. The Bertz CT molecular complexity index is 1060. The molecule has 2 aliphatic rings. The molecule has 2 aromatic carbocycles.